The van der Waals surface area contributed by atoms with Crippen molar-refractivity contribution < 1.29 is 12.8 Å². The second-order valence-corrected chi connectivity index (χ2v) is 7.87. The van der Waals surface area contributed by atoms with Gasteiger partial charge in [-0.15, -0.1) is 0 Å². The molecule has 2 unspecified atom stereocenters. The lowest BCUT2D eigenvalue weighted by molar-refractivity contribution is 0.349. The lowest BCUT2D eigenvalue weighted by atomic mass is 9.95. The highest BCUT2D eigenvalue weighted by molar-refractivity contribution is 7.99. The summed E-state index contributed by atoms with van der Waals surface area (Å²) in [4.78, 5) is 0. The Morgan fingerprint density at radius 2 is 2.10 bits per heavy atom. The van der Waals surface area contributed by atoms with Gasteiger partial charge in [0, 0.05) is 11.3 Å². The average molecular weight is 318 g/mol. The van der Waals surface area contributed by atoms with Crippen LogP contribution in [0, 0.1) is 0 Å². The quantitative estimate of drug-likeness (QED) is 0.839. The van der Waals surface area contributed by atoms with Crippen molar-refractivity contribution in [3.05, 3.63) is 17.9 Å². The van der Waals surface area contributed by atoms with Crippen molar-refractivity contribution in [2.24, 2.45) is 0 Å². The van der Waals surface area contributed by atoms with Gasteiger partial charge in [-0.05, 0) is 38.3 Å². The van der Waals surface area contributed by atoms with Crippen LogP contribution >= 0.6 is 11.8 Å². The predicted molar refractivity (Wildman–Crippen MR) is 81.4 cm³/mol. The Balaban J connectivity index is 1.94. The molecule has 0 spiro atoms. The highest BCUT2D eigenvalue weighted by Crippen LogP contribution is 2.27. The number of hydrogen-bond donors (Lipinski definition) is 2. The van der Waals surface area contributed by atoms with E-state index in [0.29, 0.717) is 23.6 Å². The van der Waals surface area contributed by atoms with Crippen molar-refractivity contribution in [2.45, 2.75) is 48.6 Å². The smallest absolute Gasteiger partial charge is 0.273 e. The van der Waals surface area contributed by atoms with E-state index in [2.05, 4.69) is 16.3 Å². The molecule has 0 bridgehead atoms. The van der Waals surface area contributed by atoms with Crippen molar-refractivity contribution in [1.82, 2.24) is 10.0 Å². The maximum Gasteiger partial charge on any atom is 0.273 e. The highest BCUT2D eigenvalue weighted by Gasteiger charge is 2.24. The van der Waals surface area contributed by atoms with E-state index in [4.69, 9.17) is 4.42 Å². The summed E-state index contributed by atoms with van der Waals surface area (Å²) in [6.45, 7) is 0.570. The number of rotatable bonds is 6. The van der Waals surface area contributed by atoms with Gasteiger partial charge in [-0.3, -0.25) is 0 Å². The molecule has 1 aromatic rings. The molecule has 1 heterocycles. The molecular weight excluding hydrogens is 296 g/mol. The highest BCUT2D eigenvalue weighted by atomic mass is 32.2. The van der Waals surface area contributed by atoms with Crippen molar-refractivity contribution >= 4 is 21.8 Å². The van der Waals surface area contributed by atoms with Gasteiger partial charge in [0.2, 0.25) is 5.09 Å². The van der Waals surface area contributed by atoms with Gasteiger partial charge < -0.3 is 9.73 Å². The number of thioether (sulfide) groups is 1. The average Bonchev–Trinajstić information content (AvgIpc) is 2.95. The molecule has 2 atom stereocenters. The van der Waals surface area contributed by atoms with E-state index in [9.17, 15) is 8.42 Å². The van der Waals surface area contributed by atoms with Crippen LogP contribution in [0.25, 0.3) is 0 Å². The third-order valence-corrected chi connectivity index (χ3v) is 6.17. The molecule has 1 aromatic heterocycles. The Hall–Kier alpha value is -0.500. The van der Waals surface area contributed by atoms with Crippen LogP contribution in [0.15, 0.2) is 21.6 Å². The molecule has 7 heteroatoms. The number of furan rings is 1. The summed E-state index contributed by atoms with van der Waals surface area (Å²) in [5.41, 5.74) is 0. The van der Waals surface area contributed by atoms with Gasteiger partial charge in [0.15, 0.2) is 0 Å². The Kier molecular flexibility index (Phi) is 5.54. The SMILES string of the molecule is CNS(=O)(=O)c1ccc(CNC2CCCCC2SC)o1. The molecule has 0 amide bonds. The Morgan fingerprint density at radius 3 is 2.80 bits per heavy atom. The number of hydrogen-bond acceptors (Lipinski definition) is 5. The van der Waals surface area contributed by atoms with E-state index in [-0.39, 0.29) is 5.09 Å². The topological polar surface area (TPSA) is 71.3 Å². The first-order chi connectivity index (χ1) is 9.56. The minimum absolute atomic E-state index is 0.0261. The van der Waals surface area contributed by atoms with E-state index in [1.54, 1.807) is 6.07 Å². The van der Waals surface area contributed by atoms with E-state index < -0.39 is 10.0 Å². The van der Waals surface area contributed by atoms with Crippen LogP contribution in [0.2, 0.25) is 0 Å². The molecule has 2 rings (SSSR count). The second-order valence-electron chi connectivity index (χ2n) is 4.97. The monoisotopic (exact) mass is 318 g/mol. The first-order valence-electron chi connectivity index (χ1n) is 6.85. The van der Waals surface area contributed by atoms with Gasteiger partial charge in [-0.1, -0.05) is 12.8 Å². The van der Waals surface area contributed by atoms with Crippen molar-refractivity contribution in [3.63, 3.8) is 0 Å². The maximum absolute atomic E-state index is 11.6. The minimum Gasteiger partial charge on any atom is -0.447 e. The summed E-state index contributed by atoms with van der Waals surface area (Å²) in [6.07, 6.45) is 7.13. The summed E-state index contributed by atoms with van der Waals surface area (Å²) in [5.74, 6) is 0.657. The lowest BCUT2D eigenvalue weighted by Crippen LogP contribution is -2.39. The van der Waals surface area contributed by atoms with Crippen LogP contribution in [-0.2, 0) is 16.6 Å². The lowest BCUT2D eigenvalue weighted by Gasteiger charge is -2.30. The molecule has 5 nitrogen and oxygen atoms in total. The summed E-state index contributed by atoms with van der Waals surface area (Å²) >= 11 is 1.90. The van der Waals surface area contributed by atoms with Crippen LogP contribution in [0.4, 0.5) is 0 Å². The van der Waals surface area contributed by atoms with Gasteiger partial charge in [-0.25, -0.2) is 13.1 Å². The van der Waals surface area contributed by atoms with E-state index >= 15 is 0 Å². The molecule has 0 aromatic carbocycles. The van der Waals surface area contributed by atoms with Crippen LogP contribution in [-0.4, -0.2) is 33.0 Å². The maximum atomic E-state index is 11.6. The van der Waals surface area contributed by atoms with Gasteiger partial charge in [-0.2, -0.15) is 11.8 Å². The van der Waals surface area contributed by atoms with Crippen molar-refractivity contribution in [3.8, 4) is 0 Å². The molecule has 1 fully saturated rings. The molecule has 0 saturated heterocycles. The third-order valence-electron chi connectivity index (χ3n) is 3.71. The molecule has 0 radical (unpaired) electrons. The summed E-state index contributed by atoms with van der Waals surface area (Å²) < 4.78 is 30.8. The largest absolute Gasteiger partial charge is 0.447 e. The number of sulfonamides is 1. The molecule has 20 heavy (non-hydrogen) atoms. The van der Waals surface area contributed by atoms with Gasteiger partial charge in [0.05, 0.1) is 6.54 Å². The molecule has 2 N–H and O–H groups in total. The van der Waals surface area contributed by atoms with Crippen LogP contribution in [0.3, 0.4) is 0 Å². The Labute approximate surface area is 124 Å². The Bertz CT molecular complexity index is 527. The van der Waals surface area contributed by atoms with E-state index in [1.807, 2.05) is 11.8 Å². The fourth-order valence-electron chi connectivity index (χ4n) is 2.54. The third kappa shape index (κ3) is 3.78. The minimum atomic E-state index is -3.48. The summed E-state index contributed by atoms with van der Waals surface area (Å²) in [5, 5.41) is 4.10. The predicted octanol–water partition coefficient (Wildman–Crippen LogP) is 1.95. The molecular formula is C13H22N2O3S2. The molecule has 1 aliphatic rings. The molecule has 1 saturated carbocycles. The van der Waals surface area contributed by atoms with Gasteiger partial charge >= 0.3 is 0 Å². The first kappa shape index (κ1) is 15.9. The van der Waals surface area contributed by atoms with Crippen LogP contribution in [0.5, 0.6) is 0 Å². The van der Waals surface area contributed by atoms with Crippen molar-refractivity contribution in [1.29, 1.82) is 0 Å². The summed E-state index contributed by atoms with van der Waals surface area (Å²) in [6, 6.07) is 3.69. The summed E-state index contributed by atoms with van der Waals surface area (Å²) in [7, 11) is -2.11. The normalized spacial score (nSPS) is 23.9. The number of nitrogens with one attached hydrogen (secondary N) is 2. The standard InChI is InChI=1S/C13H22N2O3S2/c1-14-20(16,17)13-8-7-10(18-13)9-15-11-5-3-4-6-12(11)19-2/h7-8,11-12,14-15H,3-6,9H2,1-2H3. The fraction of sp³-hybridized carbons (Fsp3) is 0.692. The van der Waals surface area contributed by atoms with Gasteiger partial charge in [0.25, 0.3) is 10.0 Å². The zero-order chi connectivity index (χ0) is 14.6. The molecule has 0 aliphatic heterocycles. The molecule has 114 valence electrons. The van der Waals surface area contributed by atoms with Gasteiger partial charge in [0.1, 0.15) is 5.76 Å². The van der Waals surface area contributed by atoms with E-state index in [0.717, 1.165) is 0 Å². The Morgan fingerprint density at radius 1 is 1.35 bits per heavy atom. The zero-order valence-corrected chi connectivity index (χ0v) is 13.5. The van der Waals surface area contributed by atoms with Crippen LogP contribution in [0.1, 0.15) is 31.4 Å². The zero-order valence-electron chi connectivity index (χ0n) is 11.9. The first-order valence-corrected chi connectivity index (χ1v) is 9.62. The fourth-order valence-corrected chi connectivity index (χ4v) is 4.17. The van der Waals surface area contributed by atoms with E-state index in [1.165, 1.54) is 38.8 Å². The molecule has 1 aliphatic carbocycles. The second kappa shape index (κ2) is 6.98. The van der Waals surface area contributed by atoms with Crippen LogP contribution < -0.4 is 10.0 Å². The van der Waals surface area contributed by atoms with Crippen molar-refractivity contribution in [2.75, 3.05) is 13.3 Å².